The molecule has 19 heavy (non-hydrogen) atoms. The van der Waals surface area contributed by atoms with Crippen LogP contribution in [-0.4, -0.2) is 10.6 Å². The van der Waals surface area contributed by atoms with Gasteiger partial charge < -0.3 is 4.74 Å². The van der Waals surface area contributed by atoms with Crippen LogP contribution in [0.5, 0.6) is 5.75 Å². The number of hydrogen-bond donors (Lipinski definition) is 0. The van der Waals surface area contributed by atoms with E-state index in [1.165, 1.54) is 13.1 Å². The molecule has 1 fully saturated rings. The van der Waals surface area contributed by atoms with Gasteiger partial charge in [-0.2, -0.15) is 5.26 Å². The zero-order chi connectivity index (χ0) is 14.6. The minimum atomic E-state index is -0.381. The Labute approximate surface area is 114 Å². The molecule has 0 N–H and O–H groups in total. The van der Waals surface area contributed by atoms with Gasteiger partial charge in [0.25, 0.3) is 0 Å². The maximum absolute atomic E-state index is 13.7. The molecular formula is C15H21FN2O. The Morgan fingerprint density at radius 2 is 1.95 bits per heavy atom. The molecule has 0 aliphatic heterocycles. The van der Waals surface area contributed by atoms with Crippen LogP contribution in [0, 0.1) is 24.1 Å². The number of hydrogen-bond acceptors (Lipinski definition) is 3. The van der Waals surface area contributed by atoms with Crippen molar-refractivity contribution in [2.75, 3.05) is 0 Å². The van der Waals surface area contributed by atoms with Crippen molar-refractivity contribution in [3.8, 4) is 11.8 Å². The fraction of sp³-hybridized carbons (Fsp3) is 0.600. The zero-order valence-corrected chi connectivity index (χ0v) is 12.2. The molecule has 1 aromatic heterocycles. The lowest BCUT2D eigenvalue weighted by Gasteiger charge is -2.23. The first-order chi connectivity index (χ1) is 8.80. The number of rotatable bonds is 2. The molecule has 4 heteroatoms. The van der Waals surface area contributed by atoms with E-state index in [-0.39, 0.29) is 11.4 Å². The van der Waals surface area contributed by atoms with E-state index in [2.05, 4.69) is 4.98 Å². The molecule has 0 amide bonds. The quantitative estimate of drug-likeness (QED) is 0.807. The molecule has 0 saturated heterocycles. The standard InChI is InChI=1S/C13H18FNO.C2H3N/c1-8-11(9-5-6-9)15-7-10(14)12(8)16-13(2,3)4;1-2-3/h7,9H,5-6H2,1-4H3;1H3. The highest BCUT2D eigenvalue weighted by molar-refractivity contribution is 5.39. The van der Waals surface area contributed by atoms with Gasteiger partial charge in [0.05, 0.1) is 18.0 Å². The third kappa shape index (κ3) is 4.51. The first-order valence-corrected chi connectivity index (χ1v) is 6.45. The summed E-state index contributed by atoms with van der Waals surface area (Å²) in [5, 5.41) is 7.32. The molecule has 1 aromatic rings. The number of nitriles is 1. The maximum Gasteiger partial charge on any atom is 0.183 e. The van der Waals surface area contributed by atoms with Crippen LogP contribution in [-0.2, 0) is 0 Å². The second-order valence-electron chi connectivity index (χ2n) is 5.66. The van der Waals surface area contributed by atoms with Crippen LogP contribution in [0.4, 0.5) is 4.39 Å². The largest absolute Gasteiger partial charge is 0.485 e. The fourth-order valence-electron chi connectivity index (χ4n) is 1.78. The summed E-state index contributed by atoms with van der Waals surface area (Å²) < 4.78 is 19.3. The second-order valence-corrected chi connectivity index (χ2v) is 5.66. The topological polar surface area (TPSA) is 45.9 Å². The third-order valence-electron chi connectivity index (χ3n) is 2.63. The van der Waals surface area contributed by atoms with Crippen molar-refractivity contribution in [3.63, 3.8) is 0 Å². The van der Waals surface area contributed by atoms with Crippen LogP contribution >= 0.6 is 0 Å². The molecule has 0 aromatic carbocycles. The van der Waals surface area contributed by atoms with Crippen molar-refractivity contribution in [2.24, 2.45) is 0 Å². The van der Waals surface area contributed by atoms with Crippen LogP contribution in [0.1, 0.15) is 57.7 Å². The van der Waals surface area contributed by atoms with Gasteiger partial charge in [0, 0.05) is 18.4 Å². The fourth-order valence-corrected chi connectivity index (χ4v) is 1.78. The van der Waals surface area contributed by atoms with E-state index in [0.717, 1.165) is 24.1 Å². The number of halogens is 1. The Kier molecular flexibility index (Phi) is 4.88. The van der Waals surface area contributed by atoms with Crippen molar-refractivity contribution < 1.29 is 9.13 Å². The summed E-state index contributed by atoms with van der Waals surface area (Å²) in [6, 6.07) is 1.75. The van der Waals surface area contributed by atoms with Gasteiger partial charge in [-0.05, 0) is 40.5 Å². The molecule has 0 unspecified atom stereocenters. The van der Waals surface area contributed by atoms with E-state index in [1.54, 1.807) is 6.07 Å². The van der Waals surface area contributed by atoms with Crippen LogP contribution in [0.25, 0.3) is 0 Å². The number of ether oxygens (including phenoxy) is 1. The van der Waals surface area contributed by atoms with Crippen molar-refractivity contribution in [1.82, 2.24) is 4.98 Å². The maximum atomic E-state index is 13.7. The van der Waals surface area contributed by atoms with Gasteiger partial charge >= 0.3 is 0 Å². The molecule has 0 spiro atoms. The van der Waals surface area contributed by atoms with Gasteiger partial charge in [-0.25, -0.2) is 4.39 Å². The summed E-state index contributed by atoms with van der Waals surface area (Å²) in [6.07, 6.45) is 3.60. The summed E-state index contributed by atoms with van der Waals surface area (Å²) in [5.41, 5.74) is 1.48. The van der Waals surface area contributed by atoms with Crippen LogP contribution in [0.3, 0.4) is 0 Å². The lowest BCUT2D eigenvalue weighted by molar-refractivity contribution is 0.122. The molecule has 1 aliphatic carbocycles. The lowest BCUT2D eigenvalue weighted by atomic mass is 10.1. The average molecular weight is 264 g/mol. The summed E-state index contributed by atoms with van der Waals surface area (Å²) in [4.78, 5) is 4.18. The molecule has 1 aliphatic rings. The zero-order valence-electron chi connectivity index (χ0n) is 12.2. The third-order valence-corrected chi connectivity index (χ3v) is 2.63. The smallest absolute Gasteiger partial charge is 0.183 e. The van der Waals surface area contributed by atoms with E-state index < -0.39 is 0 Å². The van der Waals surface area contributed by atoms with Crippen LogP contribution < -0.4 is 4.74 Å². The normalized spacial score (nSPS) is 14.2. The minimum Gasteiger partial charge on any atom is -0.485 e. The molecule has 1 saturated carbocycles. The Morgan fingerprint density at radius 1 is 1.42 bits per heavy atom. The van der Waals surface area contributed by atoms with E-state index in [0.29, 0.717) is 11.7 Å². The molecule has 0 bridgehead atoms. The van der Waals surface area contributed by atoms with E-state index in [4.69, 9.17) is 10.00 Å². The summed E-state index contributed by atoms with van der Waals surface area (Å²) in [6.45, 7) is 9.08. The van der Waals surface area contributed by atoms with Gasteiger partial charge in [0.15, 0.2) is 11.6 Å². The highest BCUT2D eigenvalue weighted by Crippen LogP contribution is 2.43. The lowest BCUT2D eigenvalue weighted by Crippen LogP contribution is -2.24. The minimum absolute atomic E-state index is 0.364. The van der Waals surface area contributed by atoms with E-state index in [1.807, 2.05) is 27.7 Å². The monoisotopic (exact) mass is 264 g/mol. The van der Waals surface area contributed by atoms with Crippen molar-refractivity contribution >= 4 is 0 Å². The predicted octanol–water partition coefficient (Wildman–Crippen LogP) is 4.11. The predicted molar refractivity (Wildman–Crippen MR) is 72.6 cm³/mol. The molecule has 2 rings (SSSR count). The second kappa shape index (κ2) is 6.01. The van der Waals surface area contributed by atoms with Crippen molar-refractivity contribution in [3.05, 3.63) is 23.3 Å². The van der Waals surface area contributed by atoms with Gasteiger partial charge in [-0.3, -0.25) is 4.98 Å². The molecule has 1 heterocycles. The van der Waals surface area contributed by atoms with Gasteiger partial charge in [0.1, 0.15) is 5.60 Å². The van der Waals surface area contributed by atoms with Crippen LogP contribution in [0.2, 0.25) is 0 Å². The van der Waals surface area contributed by atoms with Gasteiger partial charge in [-0.15, -0.1) is 0 Å². The average Bonchev–Trinajstić information content (AvgIpc) is 3.08. The van der Waals surface area contributed by atoms with E-state index >= 15 is 0 Å². The summed E-state index contributed by atoms with van der Waals surface area (Å²) >= 11 is 0. The van der Waals surface area contributed by atoms with Gasteiger partial charge in [-0.1, -0.05) is 0 Å². The number of nitrogens with zero attached hydrogens (tertiary/aromatic N) is 2. The Hall–Kier alpha value is -1.63. The van der Waals surface area contributed by atoms with Crippen molar-refractivity contribution in [2.45, 2.75) is 59.0 Å². The first-order valence-electron chi connectivity index (χ1n) is 6.45. The summed E-state index contributed by atoms with van der Waals surface area (Å²) in [7, 11) is 0. The number of aromatic nitrogens is 1. The van der Waals surface area contributed by atoms with E-state index in [9.17, 15) is 4.39 Å². The highest BCUT2D eigenvalue weighted by Gasteiger charge is 2.29. The Bertz CT molecular complexity index is 482. The molecule has 0 radical (unpaired) electrons. The molecule has 0 atom stereocenters. The van der Waals surface area contributed by atoms with Crippen molar-refractivity contribution in [1.29, 1.82) is 5.26 Å². The Balaban J connectivity index is 0.000000550. The SMILES string of the molecule is CC#N.Cc1c(C2CC2)ncc(F)c1OC(C)(C)C. The Morgan fingerprint density at radius 3 is 2.37 bits per heavy atom. The first kappa shape index (κ1) is 15.4. The molecular weight excluding hydrogens is 243 g/mol. The number of pyridine rings is 1. The van der Waals surface area contributed by atoms with Gasteiger partial charge in [0.2, 0.25) is 0 Å². The highest BCUT2D eigenvalue weighted by atomic mass is 19.1. The molecule has 104 valence electrons. The van der Waals surface area contributed by atoms with Crippen LogP contribution in [0.15, 0.2) is 6.20 Å². The molecule has 3 nitrogen and oxygen atoms in total. The summed E-state index contributed by atoms with van der Waals surface area (Å²) in [5.74, 6) is 0.518.